The average molecular weight is 440 g/mol. The van der Waals surface area contributed by atoms with Crippen LogP contribution in [-0.2, 0) is 11.3 Å². The Morgan fingerprint density at radius 2 is 1.84 bits per heavy atom. The zero-order chi connectivity index (χ0) is 21.5. The van der Waals surface area contributed by atoms with Gasteiger partial charge in [0.15, 0.2) is 0 Å². The molecule has 0 spiro atoms. The molecule has 1 fully saturated rings. The summed E-state index contributed by atoms with van der Waals surface area (Å²) in [6, 6.07) is 14.7. The number of rotatable bonds is 7. The van der Waals surface area contributed by atoms with E-state index in [1.165, 1.54) is 12.3 Å². The van der Waals surface area contributed by atoms with Gasteiger partial charge in [-0.1, -0.05) is 41.9 Å². The second-order valence-electron chi connectivity index (χ2n) is 6.79. The van der Waals surface area contributed by atoms with Crippen LogP contribution in [0.5, 0.6) is 5.75 Å². The fourth-order valence-electron chi connectivity index (χ4n) is 2.96. The summed E-state index contributed by atoms with van der Waals surface area (Å²) in [7, 11) is 0. The van der Waals surface area contributed by atoms with Crippen LogP contribution in [0.3, 0.4) is 0 Å². The summed E-state index contributed by atoms with van der Waals surface area (Å²) in [4.78, 5) is 15.5. The predicted molar refractivity (Wildman–Crippen MR) is 121 cm³/mol. The SMILES string of the molecule is Oc1ccc(Cl)cc1C=NNc1nc(NCc2ccccc2)nc(N2CCOCC2)n1. The lowest BCUT2D eigenvalue weighted by atomic mass is 10.2. The van der Waals surface area contributed by atoms with Gasteiger partial charge in [-0.2, -0.15) is 20.1 Å². The van der Waals surface area contributed by atoms with Crippen LogP contribution >= 0.6 is 11.6 Å². The van der Waals surface area contributed by atoms with Gasteiger partial charge in [-0.05, 0) is 23.8 Å². The molecule has 10 heteroatoms. The Balaban J connectivity index is 1.53. The van der Waals surface area contributed by atoms with Crippen molar-refractivity contribution in [2.24, 2.45) is 5.10 Å². The van der Waals surface area contributed by atoms with E-state index in [9.17, 15) is 5.11 Å². The van der Waals surface area contributed by atoms with Crippen LogP contribution in [0.15, 0.2) is 53.6 Å². The van der Waals surface area contributed by atoms with Gasteiger partial charge in [0.25, 0.3) is 0 Å². The van der Waals surface area contributed by atoms with Gasteiger partial charge >= 0.3 is 0 Å². The number of ether oxygens (including phenoxy) is 1. The number of phenols is 1. The fraction of sp³-hybridized carbons (Fsp3) is 0.238. The molecule has 0 saturated carbocycles. The molecule has 0 amide bonds. The van der Waals surface area contributed by atoms with Crippen LogP contribution < -0.4 is 15.6 Å². The van der Waals surface area contributed by atoms with Crippen molar-refractivity contribution in [3.63, 3.8) is 0 Å². The van der Waals surface area contributed by atoms with E-state index in [1.807, 2.05) is 35.2 Å². The Hall–Kier alpha value is -3.43. The summed E-state index contributed by atoms with van der Waals surface area (Å²) < 4.78 is 5.42. The van der Waals surface area contributed by atoms with Gasteiger partial charge in [-0.3, -0.25) is 0 Å². The van der Waals surface area contributed by atoms with E-state index in [0.29, 0.717) is 55.3 Å². The molecule has 0 radical (unpaired) electrons. The van der Waals surface area contributed by atoms with Crippen molar-refractivity contribution in [1.82, 2.24) is 15.0 Å². The average Bonchev–Trinajstić information content (AvgIpc) is 2.81. The van der Waals surface area contributed by atoms with Gasteiger partial charge < -0.3 is 20.1 Å². The highest BCUT2D eigenvalue weighted by Crippen LogP contribution is 2.20. The van der Waals surface area contributed by atoms with Crippen LogP contribution in [0.25, 0.3) is 0 Å². The van der Waals surface area contributed by atoms with E-state index >= 15 is 0 Å². The highest BCUT2D eigenvalue weighted by atomic mass is 35.5. The first kappa shape index (κ1) is 20.8. The first-order chi connectivity index (χ1) is 15.2. The Kier molecular flexibility index (Phi) is 6.75. The van der Waals surface area contributed by atoms with Gasteiger partial charge in [-0.15, -0.1) is 0 Å². The summed E-state index contributed by atoms with van der Waals surface area (Å²) in [6.07, 6.45) is 1.45. The summed E-state index contributed by atoms with van der Waals surface area (Å²) in [5.74, 6) is 1.33. The van der Waals surface area contributed by atoms with E-state index in [2.05, 4.69) is 30.8 Å². The topological polar surface area (TPSA) is 108 Å². The standard InChI is InChI=1S/C21H22ClN7O2/c22-17-6-7-18(30)16(12-17)14-24-28-20-25-19(23-13-15-4-2-1-3-5-15)26-21(27-20)29-8-10-31-11-9-29/h1-7,12,14,30H,8-11,13H2,(H2,23,25,26,27,28). The molecule has 9 nitrogen and oxygen atoms in total. The number of aromatic nitrogens is 3. The molecular formula is C21H22ClN7O2. The number of hydrogen-bond donors (Lipinski definition) is 3. The largest absolute Gasteiger partial charge is 0.507 e. The first-order valence-corrected chi connectivity index (χ1v) is 10.2. The smallest absolute Gasteiger partial charge is 0.250 e. The summed E-state index contributed by atoms with van der Waals surface area (Å²) in [6.45, 7) is 3.20. The molecule has 4 rings (SSSR count). The second-order valence-corrected chi connectivity index (χ2v) is 7.23. The van der Waals surface area contributed by atoms with E-state index in [1.54, 1.807) is 12.1 Å². The second kappa shape index (κ2) is 10.1. The molecule has 3 N–H and O–H groups in total. The van der Waals surface area contributed by atoms with Crippen molar-refractivity contribution in [2.45, 2.75) is 6.54 Å². The number of hydrogen-bond acceptors (Lipinski definition) is 9. The minimum absolute atomic E-state index is 0.0739. The summed E-state index contributed by atoms with van der Waals surface area (Å²) >= 11 is 5.98. The molecule has 3 aromatic rings. The highest BCUT2D eigenvalue weighted by Gasteiger charge is 2.16. The quantitative estimate of drug-likeness (QED) is 0.380. The van der Waals surface area contributed by atoms with Gasteiger partial charge in [0.05, 0.1) is 19.4 Å². The first-order valence-electron chi connectivity index (χ1n) is 9.81. The van der Waals surface area contributed by atoms with Crippen molar-refractivity contribution in [1.29, 1.82) is 0 Å². The molecule has 160 valence electrons. The van der Waals surface area contributed by atoms with Crippen LogP contribution in [0.4, 0.5) is 17.8 Å². The van der Waals surface area contributed by atoms with Crippen molar-refractivity contribution < 1.29 is 9.84 Å². The maximum atomic E-state index is 9.92. The molecule has 0 atom stereocenters. The molecule has 0 aliphatic carbocycles. The summed E-state index contributed by atoms with van der Waals surface area (Å²) in [5, 5.41) is 17.8. The molecule has 0 unspecified atom stereocenters. The third-order valence-corrected chi connectivity index (χ3v) is 4.80. The third-order valence-electron chi connectivity index (χ3n) is 4.57. The lowest BCUT2D eigenvalue weighted by Gasteiger charge is -2.27. The van der Waals surface area contributed by atoms with Crippen LogP contribution in [-0.4, -0.2) is 52.6 Å². The molecular weight excluding hydrogens is 418 g/mol. The van der Waals surface area contributed by atoms with E-state index < -0.39 is 0 Å². The van der Waals surface area contributed by atoms with Crippen LogP contribution in [0.2, 0.25) is 5.02 Å². The molecule has 2 heterocycles. The van der Waals surface area contributed by atoms with Crippen molar-refractivity contribution >= 4 is 35.7 Å². The van der Waals surface area contributed by atoms with Crippen molar-refractivity contribution in [2.75, 3.05) is 41.9 Å². The lowest BCUT2D eigenvalue weighted by Crippen LogP contribution is -2.37. The van der Waals surface area contributed by atoms with Gasteiger partial charge in [0, 0.05) is 30.2 Å². The van der Waals surface area contributed by atoms with Crippen LogP contribution in [0.1, 0.15) is 11.1 Å². The third kappa shape index (κ3) is 5.80. The van der Waals surface area contributed by atoms with E-state index in [0.717, 1.165) is 5.56 Å². The summed E-state index contributed by atoms with van der Waals surface area (Å²) in [5.41, 5.74) is 4.40. The molecule has 31 heavy (non-hydrogen) atoms. The molecule has 1 aliphatic rings. The number of nitrogens with one attached hydrogen (secondary N) is 2. The maximum absolute atomic E-state index is 9.92. The molecule has 0 bridgehead atoms. The normalized spacial score (nSPS) is 14.0. The molecule has 1 aliphatic heterocycles. The molecule has 2 aromatic carbocycles. The number of morpholine rings is 1. The van der Waals surface area contributed by atoms with Gasteiger partial charge in [0.1, 0.15) is 5.75 Å². The number of aromatic hydroxyl groups is 1. The van der Waals surface area contributed by atoms with Gasteiger partial charge in [-0.25, -0.2) is 5.43 Å². The minimum atomic E-state index is 0.0739. The number of halogens is 1. The zero-order valence-electron chi connectivity index (χ0n) is 16.7. The maximum Gasteiger partial charge on any atom is 0.250 e. The number of phenolic OH excluding ortho intramolecular Hbond substituents is 1. The Morgan fingerprint density at radius 1 is 1.06 bits per heavy atom. The number of hydrazone groups is 1. The predicted octanol–water partition coefficient (Wildman–Crippen LogP) is 3.13. The molecule has 1 aromatic heterocycles. The Morgan fingerprint density at radius 3 is 2.65 bits per heavy atom. The lowest BCUT2D eigenvalue weighted by molar-refractivity contribution is 0.122. The van der Waals surface area contributed by atoms with Gasteiger partial charge in [0.2, 0.25) is 17.8 Å². The van der Waals surface area contributed by atoms with E-state index in [4.69, 9.17) is 16.3 Å². The number of anilines is 3. The highest BCUT2D eigenvalue weighted by molar-refractivity contribution is 6.30. The zero-order valence-corrected chi connectivity index (χ0v) is 17.5. The van der Waals surface area contributed by atoms with Crippen molar-refractivity contribution in [3.05, 3.63) is 64.7 Å². The molecule has 1 saturated heterocycles. The Bertz CT molecular complexity index is 1040. The Labute approximate surface area is 184 Å². The monoisotopic (exact) mass is 439 g/mol. The number of benzene rings is 2. The fourth-order valence-corrected chi connectivity index (χ4v) is 3.14. The number of nitrogens with zero attached hydrogens (tertiary/aromatic N) is 5. The van der Waals surface area contributed by atoms with E-state index in [-0.39, 0.29) is 11.7 Å². The van der Waals surface area contributed by atoms with Crippen molar-refractivity contribution in [3.8, 4) is 5.75 Å². The minimum Gasteiger partial charge on any atom is -0.507 e. The van der Waals surface area contributed by atoms with Crippen LogP contribution in [0, 0.1) is 0 Å².